The van der Waals surface area contributed by atoms with Crippen LogP contribution in [0.25, 0.3) is 0 Å². The van der Waals surface area contributed by atoms with Gasteiger partial charge in [0.15, 0.2) is 16.4 Å². The SMILES string of the molecule is CN(C(=O)COc1ccc(Br)cc1)[C@@H]1CCS(=O)(=O)C1. The second kappa shape index (κ2) is 6.13. The Balaban J connectivity index is 1.87. The van der Waals surface area contributed by atoms with E-state index in [4.69, 9.17) is 4.74 Å². The zero-order chi connectivity index (χ0) is 14.8. The van der Waals surface area contributed by atoms with Crippen molar-refractivity contribution in [2.24, 2.45) is 0 Å². The number of sulfone groups is 1. The van der Waals surface area contributed by atoms with Crippen molar-refractivity contribution in [3.05, 3.63) is 28.7 Å². The van der Waals surface area contributed by atoms with Crippen LogP contribution in [0.1, 0.15) is 6.42 Å². The number of benzene rings is 1. The van der Waals surface area contributed by atoms with Crippen LogP contribution in [-0.2, 0) is 14.6 Å². The van der Waals surface area contributed by atoms with Gasteiger partial charge >= 0.3 is 0 Å². The predicted molar refractivity (Wildman–Crippen MR) is 79.5 cm³/mol. The van der Waals surface area contributed by atoms with Gasteiger partial charge in [-0.15, -0.1) is 0 Å². The monoisotopic (exact) mass is 361 g/mol. The van der Waals surface area contributed by atoms with Gasteiger partial charge in [-0.1, -0.05) is 15.9 Å². The minimum absolute atomic E-state index is 0.0491. The van der Waals surface area contributed by atoms with Gasteiger partial charge in [0.1, 0.15) is 5.75 Å². The van der Waals surface area contributed by atoms with Crippen LogP contribution >= 0.6 is 15.9 Å². The third-order valence-electron chi connectivity index (χ3n) is 3.33. The summed E-state index contributed by atoms with van der Waals surface area (Å²) in [5.41, 5.74) is 0. The molecule has 0 N–H and O–H groups in total. The highest BCUT2D eigenvalue weighted by Crippen LogP contribution is 2.18. The summed E-state index contributed by atoms with van der Waals surface area (Å²) >= 11 is 3.32. The molecule has 1 fully saturated rings. The van der Waals surface area contributed by atoms with Gasteiger partial charge in [-0.25, -0.2) is 8.42 Å². The summed E-state index contributed by atoms with van der Waals surface area (Å²) in [6.07, 6.45) is 0.503. The lowest BCUT2D eigenvalue weighted by Crippen LogP contribution is -2.40. The predicted octanol–water partition coefficient (Wildman–Crippen LogP) is 1.47. The fraction of sp³-hybridized carbons (Fsp3) is 0.462. The molecule has 7 heteroatoms. The summed E-state index contributed by atoms with van der Waals surface area (Å²) in [6.45, 7) is -0.0886. The Morgan fingerprint density at radius 1 is 1.40 bits per heavy atom. The maximum atomic E-state index is 12.0. The van der Waals surface area contributed by atoms with Gasteiger partial charge in [0.25, 0.3) is 5.91 Å². The Morgan fingerprint density at radius 2 is 2.05 bits per heavy atom. The molecule has 0 bridgehead atoms. The van der Waals surface area contributed by atoms with Gasteiger partial charge in [-0.2, -0.15) is 0 Å². The molecule has 110 valence electrons. The molecule has 0 radical (unpaired) electrons. The summed E-state index contributed by atoms with van der Waals surface area (Å²) in [5.74, 6) is 0.597. The van der Waals surface area contributed by atoms with Crippen molar-refractivity contribution >= 4 is 31.7 Å². The highest BCUT2D eigenvalue weighted by Gasteiger charge is 2.32. The van der Waals surface area contributed by atoms with Crippen LogP contribution in [0.4, 0.5) is 0 Å². The number of hydrogen-bond acceptors (Lipinski definition) is 4. The number of ether oxygens (including phenoxy) is 1. The molecule has 2 rings (SSSR count). The van der Waals surface area contributed by atoms with Gasteiger partial charge in [-0.3, -0.25) is 4.79 Å². The van der Waals surface area contributed by atoms with E-state index < -0.39 is 9.84 Å². The summed E-state index contributed by atoms with van der Waals surface area (Å²) in [5, 5.41) is 0. The van der Waals surface area contributed by atoms with E-state index in [1.54, 1.807) is 19.2 Å². The molecule has 1 aliphatic rings. The smallest absolute Gasteiger partial charge is 0.260 e. The highest BCUT2D eigenvalue weighted by molar-refractivity contribution is 9.10. The number of carbonyl (C=O) groups is 1. The molecule has 0 saturated carbocycles. The fourth-order valence-electron chi connectivity index (χ4n) is 2.06. The lowest BCUT2D eigenvalue weighted by atomic mass is 10.2. The van der Waals surface area contributed by atoms with E-state index >= 15 is 0 Å². The zero-order valence-electron chi connectivity index (χ0n) is 11.1. The Kier molecular flexibility index (Phi) is 4.70. The number of amides is 1. The van der Waals surface area contributed by atoms with Gasteiger partial charge < -0.3 is 9.64 Å². The van der Waals surface area contributed by atoms with Crippen molar-refractivity contribution in [1.29, 1.82) is 0 Å². The standard InChI is InChI=1S/C13H16BrNO4S/c1-15(11-6-7-20(17,18)9-11)13(16)8-19-12-4-2-10(14)3-5-12/h2-5,11H,6-9H2,1H3/t11-/m1/s1. The quantitative estimate of drug-likeness (QED) is 0.814. The van der Waals surface area contributed by atoms with Crippen molar-refractivity contribution in [1.82, 2.24) is 4.90 Å². The Bertz CT molecular complexity index is 585. The van der Waals surface area contributed by atoms with Crippen LogP contribution in [0.5, 0.6) is 5.75 Å². The minimum atomic E-state index is -2.99. The molecule has 1 aromatic rings. The van der Waals surface area contributed by atoms with Crippen LogP contribution < -0.4 is 4.74 Å². The van der Waals surface area contributed by atoms with Crippen LogP contribution in [0.2, 0.25) is 0 Å². The van der Waals surface area contributed by atoms with E-state index in [9.17, 15) is 13.2 Å². The van der Waals surface area contributed by atoms with Gasteiger partial charge in [-0.05, 0) is 30.7 Å². The van der Waals surface area contributed by atoms with Crippen molar-refractivity contribution in [2.75, 3.05) is 25.2 Å². The largest absolute Gasteiger partial charge is 0.484 e. The second-order valence-corrected chi connectivity index (χ2v) is 7.95. The lowest BCUT2D eigenvalue weighted by molar-refractivity contribution is -0.133. The fourth-order valence-corrected chi connectivity index (χ4v) is 4.10. The molecule has 0 aliphatic carbocycles. The summed E-state index contributed by atoms with van der Waals surface area (Å²) in [7, 11) is -1.36. The molecule has 0 aromatic heterocycles. The molecule has 0 unspecified atom stereocenters. The molecule has 5 nitrogen and oxygen atoms in total. The van der Waals surface area contributed by atoms with E-state index in [1.807, 2.05) is 12.1 Å². The third-order valence-corrected chi connectivity index (χ3v) is 5.60. The first-order chi connectivity index (χ1) is 9.37. The van der Waals surface area contributed by atoms with Crippen LogP contribution in [-0.4, -0.2) is 50.4 Å². The third kappa shape index (κ3) is 3.96. The highest BCUT2D eigenvalue weighted by atomic mass is 79.9. The number of carbonyl (C=O) groups excluding carboxylic acids is 1. The van der Waals surface area contributed by atoms with Crippen molar-refractivity contribution in [2.45, 2.75) is 12.5 Å². The molecular weight excluding hydrogens is 346 g/mol. The first-order valence-corrected chi connectivity index (χ1v) is 8.83. The first-order valence-electron chi connectivity index (χ1n) is 6.22. The number of halogens is 1. The Morgan fingerprint density at radius 3 is 2.60 bits per heavy atom. The molecule has 1 aromatic carbocycles. The van der Waals surface area contributed by atoms with Crippen molar-refractivity contribution in [3.8, 4) is 5.75 Å². The topological polar surface area (TPSA) is 63.7 Å². The van der Waals surface area contributed by atoms with Gasteiger partial charge in [0.2, 0.25) is 0 Å². The van der Waals surface area contributed by atoms with E-state index in [0.717, 1.165) is 4.47 Å². The van der Waals surface area contributed by atoms with Crippen LogP contribution in [0.3, 0.4) is 0 Å². The first kappa shape index (κ1) is 15.3. The van der Waals surface area contributed by atoms with E-state index in [0.29, 0.717) is 12.2 Å². The Hall–Kier alpha value is -1.08. The number of likely N-dealkylation sites (N-methyl/N-ethyl adjacent to an activating group) is 1. The number of rotatable bonds is 4. The maximum absolute atomic E-state index is 12.0. The molecule has 0 spiro atoms. The maximum Gasteiger partial charge on any atom is 0.260 e. The minimum Gasteiger partial charge on any atom is -0.484 e. The van der Waals surface area contributed by atoms with Crippen LogP contribution in [0.15, 0.2) is 28.7 Å². The molecule has 20 heavy (non-hydrogen) atoms. The molecule has 1 atom stereocenters. The van der Waals surface area contributed by atoms with Crippen molar-refractivity contribution < 1.29 is 17.9 Å². The van der Waals surface area contributed by atoms with Crippen molar-refractivity contribution in [3.63, 3.8) is 0 Å². The van der Waals surface area contributed by atoms with Gasteiger partial charge in [0, 0.05) is 17.6 Å². The average Bonchev–Trinajstić information content (AvgIpc) is 2.77. The molecule has 1 aliphatic heterocycles. The summed E-state index contributed by atoms with van der Waals surface area (Å²) < 4.78 is 29.1. The average molecular weight is 362 g/mol. The molecular formula is C13H16BrNO4S. The number of hydrogen-bond donors (Lipinski definition) is 0. The van der Waals surface area contributed by atoms with Gasteiger partial charge in [0.05, 0.1) is 11.5 Å². The Labute approximate surface area is 127 Å². The zero-order valence-corrected chi connectivity index (χ0v) is 13.5. The van der Waals surface area contributed by atoms with E-state index in [2.05, 4.69) is 15.9 Å². The number of nitrogens with zero attached hydrogens (tertiary/aromatic N) is 1. The summed E-state index contributed by atoms with van der Waals surface area (Å²) in [4.78, 5) is 13.5. The molecule has 1 heterocycles. The normalized spacial score (nSPS) is 20.6. The van der Waals surface area contributed by atoms with Crippen LogP contribution in [0, 0.1) is 0 Å². The van der Waals surface area contributed by atoms with E-state index in [-0.39, 0.29) is 30.1 Å². The summed E-state index contributed by atoms with van der Waals surface area (Å²) in [6, 6.07) is 6.94. The second-order valence-electron chi connectivity index (χ2n) is 4.80. The lowest BCUT2D eigenvalue weighted by Gasteiger charge is -2.23. The molecule has 1 amide bonds. The van der Waals surface area contributed by atoms with E-state index in [1.165, 1.54) is 4.90 Å². The molecule has 1 saturated heterocycles.